The second kappa shape index (κ2) is 13.3. The molecule has 210 valence electrons. The zero-order valence-electron chi connectivity index (χ0n) is 24.8. The number of methoxy groups -OCH3 is 2. The van der Waals surface area contributed by atoms with Gasteiger partial charge in [-0.15, -0.1) is 0 Å². The second-order valence-corrected chi connectivity index (χ2v) is 11.0. The Balaban J connectivity index is 0.000000787. The van der Waals surface area contributed by atoms with E-state index in [0.29, 0.717) is 11.8 Å². The molecule has 39 heavy (non-hydrogen) atoms. The molecule has 4 heteroatoms. The van der Waals surface area contributed by atoms with E-state index in [9.17, 15) is 0 Å². The summed E-state index contributed by atoms with van der Waals surface area (Å²) >= 11 is 0. The van der Waals surface area contributed by atoms with Crippen LogP contribution in [-0.4, -0.2) is 26.4 Å². The number of terminal acetylenes is 1. The zero-order chi connectivity index (χ0) is 28.7. The minimum absolute atomic E-state index is 0.220. The number of aliphatic hydroxyl groups excluding tert-OH is 1. The summed E-state index contributed by atoms with van der Waals surface area (Å²) < 4.78 is 11.3. The smallest absolute Gasteiger partial charge is 0.122 e. The molecule has 3 aliphatic carbocycles. The molecule has 4 atom stereocenters. The Labute approximate surface area is 236 Å². The first-order chi connectivity index (χ1) is 18.8. The molecule has 3 N–H and O–H groups in total. The summed E-state index contributed by atoms with van der Waals surface area (Å²) in [7, 11) is 5.07. The van der Waals surface area contributed by atoms with E-state index in [0.717, 1.165) is 36.7 Å². The van der Waals surface area contributed by atoms with E-state index in [1.165, 1.54) is 72.2 Å². The summed E-state index contributed by atoms with van der Waals surface area (Å²) in [6, 6.07) is 11.4. The van der Waals surface area contributed by atoms with E-state index in [-0.39, 0.29) is 5.41 Å². The molecular formula is C35H47NO3. The van der Waals surface area contributed by atoms with Crippen molar-refractivity contribution in [3.05, 3.63) is 75.9 Å². The SMILES string of the molecule is C#CO.C=C1/C(=C/c2cc(CC)c(CC)c(OC)c2)CC2C3CCc4cc(OC)ccc4C3CCC12C.CN. The first-order valence-corrected chi connectivity index (χ1v) is 14.3. The number of nitrogens with two attached hydrogens (primary N) is 1. The molecule has 2 aromatic rings. The number of ether oxygens (including phenoxy) is 2. The Morgan fingerprint density at radius 2 is 1.85 bits per heavy atom. The third kappa shape index (κ3) is 5.75. The molecule has 0 aliphatic heterocycles. The molecule has 0 saturated heterocycles. The van der Waals surface area contributed by atoms with Gasteiger partial charge in [0.05, 0.1) is 14.2 Å². The van der Waals surface area contributed by atoms with Gasteiger partial charge in [0.2, 0.25) is 0 Å². The van der Waals surface area contributed by atoms with Crippen LogP contribution >= 0.6 is 0 Å². The van der Waals surface area contributed by atoms with E-state index < -0.39 is 0 Å². The maximum Gasteiger partial charge on any atom is 0.122 e. The predicted molar refractivity (Wildman–Crippen MR) is 163 cm³/mol. The van der Waals surface area contributed by atoms with Crippen molar-refractivity contribution < 1.29 is 14.6 Å². The summed E-state index contributed by atoms with van der Waals surface area (Å²) in [5.74, 6) is 4.12. The van der Waals surface area contributed by atoms with Crippen LogP contribution in [0.1, 0.15) is 80.2 Å². The number of aliphatic hydroxyl groups is 1. The predicted octanol–water partition coefficient (Wildman–Crippen LogP) is 7.46. The van der Waals surface area contributed by atoms with Crippen LogP contribution in [0.15, 0.2) is 48.1 Å². The minimum atomic E-state index is 0.220. The van der Waals surface area contributed by atoms with Crippen LogP contribution in [0.2, 0.25) is 0 Å². The van der Waals surface area contributed by atoms with Crippen molar-refractivity contribution in [2.75, 3.05) is 21.3 Å². The molecule has 0 amide bonds. The standard InChI is InChI=1S/C32H40O2.C2H2O.CH5N/c1-7-22-15-21(17-31(34-6)26(22)8-2)16-24-19-30-29-11-9-23-18-25(33-5)10-12-27(23)28(29)13-14-32(30,4)20(24)3;1-2-3;1-2/h10,12,15-18,28-30H,3,7-9,11,13-14,19H2,1-2,4-6H3;1,3H;2H2,1H3/b24-16+;;. The molecule has 2 aromatic carbocycles. The number of rotatable bonds is 5. The first kappa shape index (κ1) is 30.4. The lowest BCUT2D eigenvalue weighted by Gasteiger charge is -2.49. The van der Waals surface area contributed by atoms with Gasteiger partial charge >= 0.3 is 0 Å². The number of hydrogen-bond acceptors (Lipinski definition) is 4. The maximum atomic E-state index is 7.10. The Morgan fingerprint density at radius 1 is 1.13 bits per heavy atom. The highest BCUT2D eigenvalue weighted by atomic mass is 16.5. The van der Waals surface area contributed by atoms with E-state index >= 15 is 0 Å². The lowest BCUT2D eigenvalue weighted by Crippen LogP contribution is -2.40. The van der Waals surface area contributed by atoms with E-state index in [1.54, 1.807) is 19.8 Å². The van der Waals surface area contributed by atoms with Gasteiger partial charge in [-0.3, -0.25) is 0 Å². The molecule has 3 aliphatic rings. The molecule has 5 rings (SSSR count). The van der Waals surface area contributed by atoms with E-state index in [2.05, 4.69) is 69.3 Å². The van der Waals surface area contributed by atoms with Crippen molar-refractivity contribution in [3.8, 4) is 24.0 Å². The quantitative estimate of drug-likeness (QED) is 0.395. The highest BCUT2D eigenvalue weighted by molar-refractivity contribution is 5.65. The first-order valence-electron chi connectivity index (χ1n) is 14.3. The monoisotopic (exact) mass is 529 g/mol. The molecule has 0 radical (unpaired) electrons. The summed E-state index contributed by atoms with van der Waals surface area (Å²) in [6.07, 6.45) is 16.0. The van der Waals surface area contributed by atoms with E-state index in [1.807, 2.05) is 0 Å². The Morgan fingerprint density at radius 3 is 2.46 bits per heavy atom. The molecule has 0 heterocycles. The molecule has 4 nitrogen and oxygen atoms in total. The number of benzene rings is 2. The van der Waals surface area contributed by atoms with Gasteiger partial charge in [0.25, 0.3) is 0 Å². The van der Waals surface area contributed by atoms with Gasteiger partial charge < -0.3 is 20.3 Å². The highest BCUT2D eigenvalue weighted by Gasteiger charge is 2.53. The number of aryl methyl sites for hydroxylation is 2. The Kier molecular flexibility index (Phi) is 10.3. The van der Waals surface area contributed by atoms with Crippen molar-refractivity contribution in [1.29, 1.82) is 0 Å². The average molecular weight is 530 g/mol. The fourth-order valence-corrected chi connectivity index (χ4v) is 7.54. The normalized spacial score (nSPS) is 25.5. The number of allylic oxidation sites excluding steroid dienone is 2. The largest absolute Gasteiger partial charge is 0.497 e. The van der Waals surface area contributed by atoms with Gasteiger partial charge in [0, 0.05) is 0 Å². The zero-order valence-corrected chi connectivity index (χ0v) is 24.8. The maximum absolute atomic E-state index is 7.10. The highest BCUT2D eigenvalue weighted by Crippen LogP contribution is 2.64. The molecular weight excluding hydrogens is 482 g/mol. The third-order valence-corrected chi connectivity index (χ3v) is 9.46. The van der Waals surface area contributed by atoms with Gasteiger partial charge in [-0.25, -0.2) is 0 Å². The average Bonchev–Trinajstić information content (AvgIpc) is 3.22. The fraction of sp³-hybridized carbons (Fsp3) is 0.486. The summed E-state index contributed by atoms with van der Waals surface area (Å²) in [5, 5.41) is 7.10. The van der Waals surface area contributed by atoms with Gasteiger partial charge in [-0.2, -0.15) is 0 Å². The summed E-state index contributed by atoms with van der Waals surface area (Å²) in [5.41, 5.74) is 14.7. The van der Waals surface area contributed by atoms with Crippen molar-refractivity contribution in [2.45, 2.75) is 71.6 Å². The minimum Gasteiger partial charge on any atom is -0.497 e. The number of fused-ring (bicyclic) bond motifs is 5. The van der Waals surface area contributed by atoms with Crippen LogP contribution < -0.4 is 15.2 Å². The van der Waals surface area contributed by atoms with Gasteiger partial charge in [0.1, 0.15) is 17.6 Å². The number of hydrogen-bond donors (Lipinski definition) is 2. The third-order valence-electron chi connectivity index (χ3n) is 9.46. The van der Waals surface area contributed by atoms with E-state index in [4.69, 9.17) is 21.2 Å². The van der Waals surface area contributed by atoms with Crippen molar-refractivity contribution in [2.24, 2.45) is 23.0 Å². The summed E-state index contributed by atoms with van der Waals surface area (Å²) in [6.45, 7) is 11.7. The van der Waals surface area contributed by atoms with Gasteiger partial charge in [0.15, 0.2) is 0 Å². The van der Waals surface area contributed by atoms with Crippen LogP contribution in [0.3, 0.4) is 0 Å². The molecule has 2 fully saturated rings. The van der Waals surface area contributed by atoms with Crippen LogP contribution in [0.4, 0.5) is 0 Å². The molecule has 4 unspecified atom stereocenters. The van der Waals surface area contributed by atoms with Gasteiger partial charge in [-0.1, -0.05) is 52.0 Å². The van der Waals surface area contributed by atoms with Crippen molar-refractivity contribution in [1.82, 2.24) is 0 Å². The molecule has 0 bridgehead atoms. The lowest BCUT2D eigenvalue weighted by atomic mass is 9.55. The lowest BCUT2D eigenvalue weighted by molar-refractivity contribution is 0.0821. The van der Waals surface area contributed by atoms with Crippen LogP contribution in [-0.2, 0) is 19.3 Å². The molecule has 0 aromatic heterocycles. The van der Waals surface area contributed by atoms with Crippen LogP contribution in [0.5, 0.6) is 11.5 Å². The topological polar surface area (TPSA) is 64.7 Å². The van der Waals surface area contributed by atoms with Crippen LogP contribution in [0, 0.1) is 29.8 Å². The fourth-order valence-electron chi connectivity index (χ4n) is 7.54. The van der Waals surface area contributed by atoms with Crippen LogP contribution in [0.25, 0.3) is 6.08 Å². The van der Waals surface area contributed by atoms with Gasteiger partial charge in [-0.05, 0) is 132 Å². The molecule has 2 saturated carbocycles. The molecule has 0 spiro atoms. The Bertz CT molecular complexity index is 1210. The Hall–Kier alpha value is -3.16. The van der Waals surface area contributed by atoms with Crippen molar-refractivity contribution in [3.63, 3.8) is 0 Å². The van der Waals surface area contributed by atoms with Crippen molar-refractivity contribution >= 4 is 6.08 Å². The second-order valence-electron chi connectivity index (χ2n) is 11.0. The summed E-state index contributed by atoms with van der Waals surface area (Å²) in [4.78, 5) is 0.